The van der Waals surface area contributed by atoms with Crippen LogP contribution < -0.4 is 10.5 Å². The molecule has 7 nitrogen and oxygen atoms in total. The summed E-state index contributed by atoms with van der Waals surface area (Å²) < 4.78 is 38.0. The van der Waals surface area contributed by atoms with Gasteiger partial charge in [0.1, 0.15) is 11.3 Å². The van der Waals surface area contributed by atoms with Gasteiger partial charge in [0.25, 0.3) is 10.0 Å². The summed E-state index contributed by atoms with van der Waals surface area (Å²) in [6, 6.07) is 1.20. The Labute approximate surface area is 148 Å². The van der Waals surface area contributed by atoms with Gasteiger partial charge in [0.15, 0.2) is 0 Å². The van der Waals surface area contributed by atoms with Crippen molar-refractivity contribution in [2.24, 2.45) is 11.7 Å². The molecule has 9 heteroatoms. The van der Waals surface area contributed by atoms with Crippen molar-refractivity contribution in [2.75, 3.05) is 13.7 Å². The van der Waals surface area contributed by atoms with Crippen LogP contribution in [-0.4, -0.2) is 33.6 Å². The number of hydrogen-bond acceptors (Lipinski definition) is 6. The number of aryl methyl sites for hydroxylation is 1. The molecule has 24 heavy (non-hydrogen) atoms. The van der Waals surface area contributed by atoms with Crippen LogP contribution in [-0.2, 0) is 14.8 Å². The number of hydrogen-bond donors (Lipinski definition) is 2. The number of esters is 1. The van der Waals surface area contributed by atoms with E-state index in [9.17, 15) is 13.2 Å². The molecule has 0 amide bonds. The highest BCUT2D eigenvalue weighted by molar-refractivity contribution is 7.89. The van der Waals surface area contributed by atoms with Gasteiger partial charge in [0.05, 0.1) is 7.11 Å². The van der Waals surface area contributed by atoms with E-state index in [1.165, 1.54) is 20.1 Å². The van der Waals surface area contributed by atoms with E-state index >= 15 is 0 Å². The number of furan rings is 1. The van der Waals surface area contributed by atoms with Crippen molar-refractivity contribution in [1.29, 1.82) is 0 Å². The van der Waals surface area contributed by atoms with Gasteiger partial charge < -0.3 is 14.9 Å². The van der Waals surface area contributed by atoms with Crippen LogP contribution in [0.2, 0.25) is 0 Å². The van der Waals surface area contributed by atoms with E-state index in [0.717, 1.165) is 19.3 Å². The topological polar surface area (TPSA) is 112 Å². The molecular weight excluding hydrogens is 356 g/mol. The maximum atomic E-state index is 12.7. The summed E-state index contributed by atoms with van der Waals surface area (Å²) in [5.41, 5.74) is 5.31. The number of carbonyl (C=O) groups is 1. The third kappa shape index (κ3) is 3.93. The van der Waals surface area contributed by atoms with E-state index in [0.29, 0.717) is 6.42 Å². The third-order valence-electron chi connectivity index (χ3n) is 4.72. The number of sulfonamides is 1. The smallest absolute Gasteiger partial charge is 0.341 e. The first-order valence-corrected chi connectivity index (χ1v) is 9.17. The number of halogens is 1. The van der Waals surface area contributed by atoms with E-state index in [2.05, 4.69) is 9.46 Å². The van der Waals surface area contributed by atoms with Crippen LogP contribution in [0.5, 0.6) is 0 Å². The predicted molar refractivity (Wildman–Crippen MR) is 91.8 cm³/mol. The molecule has 1 heterocycles. The van der Waals surface area contributed by atoms with E-state index in [1.54, 1.807) is 0 Å². The summed E-state index contributed by atoms with van der Waals surface area (Å²) in [6.07, 6.45) is 3.60. The van der Waals surface area contributed by atoms with E-state index in [-0.39, 0.29) is 41.3 Å². The van der Waals surface area contributed by atoms with Crippen molar-refractivity contribution in [2.45, 2.75) is 50.2 Å². The van der Waals surface area contributed by atoms with Crippen molar-refractivity contribution in [1.82, 2.24) is 4.72 Å². The molecule has 0 saturated heterocycles. The summed E-state index contributed by atoms with van der Waals surface area (Å²) in [5.74, 6) is -0.296. The molecule has 1 saturated carbocycles. The molecule has 2 rings (SSSR count). The van der Waals surface area contributed by atoms with Gasteiger partial charge in [-0.15, -0.1) is 12.4 Å². The lowest BCUT2D eigenvalue weighted by Gasteiger charge is -2.41. The van der Waals surface area contributed by atoms with Crippen LogP contribution in [0.3, 0.4) is 0 Å². The Hall–Kier alpha value is -1.09. The Morgan fingerprint density at radius 2 is 2.17 bits per heavy atom. The summed E-state index contributed by atoms with van der Waals surface area (Å²) in [7, 11) is -2.68. The molecule has 138 valence electrons. The maximum absolute atomic E-state index is 12.7. The number of carbonyl (C=O) groups excluding carboxylic acids is 1. The molecule has 0 aliphatic heterocycles. The van der Waals surface area contributed by atoms with Gasteiger partial charge in [-0.25, -0.2) is 17.9 Å². The Bertz CT molecular complexity index is 688. The second kappa shape index (κ2) is 7.86. The molecule has 1 aliphatic rings. The minimum atomic E-state index is -3.91. The zero-order chi connectivity index (χ0) is 17.3. The number of nitrogens with one attached hydrogen (secondary N) is 1. The average Bonchev–Trinajstić information content (AvgIpc) is 2.91. The van der Waals surface area contributed by atoms with Gasteiger partial charge in [0, 0.05) is 18.2 Å². The molecule has 0 aromatic carbocycles. The highest BCUT2D eigenvalue weighted by Gasteiger charge is 2.41. The van der Waals surface area contributed by atoms with Crippen molar-refractivity contribution in [3.8, 4) is 0 Å². The molecule has 1 aliphatic carbocycles. The van der Waals surface area contributed by atoms with Gasteiger partial charge in [-0.1, -0.05) is 19.8 Å². The number of ether oxygens (including phenoxy) is 1. The third-order valence-corrected chi connectivity index (χ3v) is 6.13. The van der Waals surface area contributed by atoms with Gasteiger partial charge in [-0.3, -0.25) is 0 Å². The van der Waals surface area contributed by atoms with Crippen LogP contribution in [0.25, 0.3) is 0 Å². The van der Waals surface area contributed by atoms with Crippen LogP contribution >= 0.6 is 12.4 Å². The molecule has 0 bridgehead atoms. The second-order valence-electron chi connectivity index (χ2n) is 6.14. The molecule has 0 radical (unpaired) electrons. The van der Waals surface area contributed by atoms with E-state index < -0.39 is 21.5 Å². The number of nitrogens with two attached hydrogens (primary N) is 1. The van der Waals surface area contributed by atoms with Crippen molar-refractivity contribution < 1.29 is 22.4 Å². The SMILES string of the molecule is COC(=O)c1cc(S(=O)(=O)NC2(CN)CCCCC2C)oc1C.Cl. The molecular formula is C15H25ClN2O5S. The first kappa shape index (κ1) is 21.0. The number of methoxy groups -OCH3 is 1. The van der Waals surface area contributed by atoms with Gasteiger partial charge in [-0.2, -0.15) is 0 Å². The molecule has 2 atom stereocenters. The molecule has 0 spiro atoms. The molecule has 1 fully saturated rings. The first-order chi connectivity index (χ1) is 10.8. The second-order valence-corrected chi connectivity index (χ2v) is 7.75. The molecule has 1 aromatic rings. The Balaban J connectivity index is 0.00000288. The predicted octanol–water partition coefficient (Wildman–Crippen LogP) is 1.98. The maximum Gasteiger partial charge on any atom is 0.341 e. The van der Waals surface area contributed by atoms with E-state index in [1.807, 2.05) is 6.92 Å². The quantitative estimate of drug-likeness (QED) is 0.755. The summed E-state index contributed by atoms with van der Waals surface area (Å²) >= 11 is 0. The highest BCUT2D eigenvalue weighted by Crippen LogP contribution is 2.34. The lowest BCUT2D eigenvalue weighted by molar-refractivity contribution is 0.0598. The minimum Gasteiger partial charge on any atom is -0.465 e. The fourth-order valence-electron chi connectivity index (χ4n) is 3.13. The molecule has 2 unspecified atom stereocenters. The standard InChI is InChI=1S/C15H24N2O5S.ClH/c1-10-6-4-5-7-15(10,9-16)17-23(19,20)13-8-12(11(2)22-13)14(18)21-3;/h8,10,17H,4-7,9,16H2,1-3H3;1H. The van der Waals surface area contributed by atoms with Crippen molar-refractivity contribution in [3.63, 3.8) is 0 Å². The van der Waals surface area contributed by atoms with Crippen LogP contribution in [0.15, 0.2) is 15.6 Å². The summed E-state index contributed by atoms with van der Waals surface area (Å²) in [5, 5.41) is -0.291. The lowest BCUT2D eigenvalue weighted by Crippen LogP contribution is -2.58. The molecule has 3 N–H and O–H groups in total. The monoisotopic (exact) mass is 380 g/mol. The highest BCUT2D eigenvalue weighted by atomic mass is 35.5. The zero-order valence-corrected chi connectivity index (χ0v) is 15.8. The lowest BCUT2D eigenvalue weighted by atomic mass is 9.74. The van der Waals surface area contributed by atoms with Crippen molar-refractivity contribution >= 4 is 28.4 Å². The average molecular weight is 381 g/mol. The van der Waals surface area contributed by atoms with Crippen LogP contribution in [0, 0.1) is 12.8 Å². The van der Waals surface area contributed by atoms with Crippen LogP contribution in [0.4, 0.5) is 0 Å². The van der Waals surface area contributed by atoms with Gasteiger partial charge in [0.2, 0.25) is 5.09 Å². The minimum absolute atomic E-state index is 0. The fraction of sp³-hybridized carbons (Fsp3) is 0.667. The Morgan fingerprint density at radius 1 is 1.50 bits per heavy atom. The largest absolute Gasteiger partial charge is 0.465 e. The molecule has 1 aromatic heterocycles. The van der Waals surface area contributed by atoms with Crippen LogP contribution in [0.1, 0.15) is 48.7 Å². The zero-order valence-electron chi connectivity index (χ0n) is 14.1. The van der Waals surface area contributed by atoms with Gasteiger partial charge >= 0.3 is 5.97 Å². The fourth-order valence-corrected chi connectivity index (χ4v) is 4.66. The normalized spacial score (nSPS) is 24.2. The van der Waals surface area contributed by atoms with E-state index in [4.69, 9.17) is 10.2 Å². The summed E-state index contributed by atoms with van der Waals surface area (Å²) in [4.78, 5) is 11.6. The summed E-state index contributed by atoms with van der Waals surface area (Å²) in [6.45, 7) is 3.74. The first-order valence-electron chi connectivity index (χ1n) is 7.68. The van der Waals surface area contributed by atoms with Gasteiger partial charge in [-0.05, 0) is 25.7 Å². The Morgan fingerprint density at radius 3 is 2.71 bits per heavy atom. The number of rotatable bonds is 5. The van der Waals surface area contributed by atoms with Crippen molar-refractivity contribution in [3.05, 3.63) is 17.4 Å². The Kier molecular flexibility index (Phi) is 6.86.